The number of hydrogen-bond donors (Lipinski definition) is 2. The fraction of sp³-hybridized carbons (Fsp3) is 0.677. The Hall–Kier alpha value is -3.69. The highest BCUT2D eigenvalue weighted by Gasteiger charge is 2.45. The van der Waals surface area contributed by atoms with E-state index in [0.717, 1.165) is 0 Å². The third-order valence-corrected chi connectivity index (χ3v) is 8.88. The lowest BCUT2D eigenvalue weighted by atomic mass is 9.84. The van der Waals surface area contributed by atoms with Crippen molar-refractivity contribution in [1.29, 1.82) is 0 Å². The van der Waals surface area contributed by atoms with Gasteiger partial charge in [0, 0.05) is 63.1 Å². The van der Waals surface area contributed by atoms with E-state index in [1.54, 1.807) is 13.0 Å². The van der Waals surface area contributed by atoms with Gasteiger partial charge in [-0.1, -0.05) is 13.3 Å². The molecule has 0 aromatic carbocycles. The summed E-state index contributed by atoms with van der Waals surface area (Å²) in [7, 11) is 0. The number of carbonyl (C=O) groups is 2. The van der Waals surface area contributed by atoms with Gasteiger partial charge in [-0.05, 0) is 45.6 Å². The number of rotatable bonds is 12. The zero-order valence-corrected chi connectivity index (χ0v) is 26.7. The minimum atomic E-state index is -4.45. The van der Waals surface area contributed by atoms with E-state index in [-0.39, 0.29) is 54.8 Å². The van der Waals surface area contributed by atoms with Crippen LogP contribution in [0.1, 0.15) is 111 Å². The number of ether oxygens (including phenoxy) is 1. The Kier molecular flexibility index (Phi) is 10.5. The Morgan fingerprint density at radius 2 is 1.89 bits per heavy atom. The first kappa shape index (κ1) is 34.6. The Morgan fingerprint density at radius 1 is 1.15 bits per heavy atom. The van der Waals surface area contributed by atoms with Crippen LogP contribution in [0.25, 0.3) is 5.78 Å². The van der Waals surface area contributed by atoms with Gasteiger partial charge in [-0.15, -0.1) is 0 Å². The van der Waals surface area contributed by atoms with E-state index in [1.807, 2.05) is 13.8 Å². The molecule has 0 saturated carbocycles. The molecule has 5 rings (SSSR count). The molecule has 3 unspecified atom stereocenters. The Morgan fingerprint density at radius 3 is 2.57 bits per heavy atom. The number of fused-ring (bicyclic) bond motifs is 1. The average Bonchev–Trinajstić information content (AvgIpc) is 3.67. The maximum Gasteiger partial charge on any atom is 0.393 e. The standard InChI is InChI=1S/C31H41F5N8O3/c1-4-9-30(32,33)10-5-22(39-28(46)25-6-11-38-44(25)18(2)3)24-17-43-29(40-24)41-26(19-7-12-47-13-8-19)23(42-43)15-20-14-21(31(34,35)36)16-37-27(20)45/h6,11,17-22H,4-5,7-10,12-16H2,1-3H3,(H,37,45)(H,39,46). The van der Waals surface area contributed by atoms with Crippen LogP contribution in [0.4, 0.5) is 22.0 Å². The number of alkyl halides is 5. The molecule has 47 heavy (non-hydrogen) atoms. The van der Waals surface area contributed by atoms with Crippen LogP contribution in [-0.4, -0.2) is 73.0 Å². The van der Waals surface area contributed by atoms with Crippen molar-refractivity contribution in [3.05, 3.63) is 41.2 Å². The molecule has 2 N–H and O–H groups in total. The van der Waals surface area contributed by atoms with Crippen LogP contribution in [0.5, 0.6) is 0 Å². The normalized spacial score (nSPS) is 20.5. The van der Waals surface area contributed by atoms with Gasteiger partial charge in [0.05, 0.1) is 35.2 Å². The van der Waals surface area contributed by atoms with Crippen molar-refractivity contribution in [2.24, 2.45) is 11.8 Å². The Bertz CT molecular complexity index is 1550. The third-order valence-electron chi connectivity index (χ3n) is 8.88. The van der Waals surface area contributed by atoms with Gasteiger partial charge < -0.3 is 15.4 Å². The van der Waals surface area contributed by atoms with Gasteiger partial charge in [-0.25, -0.2) is 23.3 Å². The van der Waals surface area contributed by atoms with E-state index in [2.05, 4.69) is 25.8 Å². The van der Waals surface area contributed by atoms with Gasteiger partial charge in [0.2, 0.25) is 11.8 Å². The van der Waals surface area contributed by atoms with Gasteiger partial charge in [-0.3, -0.25) is 14.3 Å². The summed E-state index contributed by atoms with van der Waals surface area (Å²) >= 11 is 0. The minimum Gasteiger partial charge on any atom is -0.381 e. The molecule has 2 aliphatic heterocycles. The van der Waals surface area contributed by atoms with E-state index >= 15 is 0 Å². The Balaban J connectivity index is 1.50. The number of hydrogen-bond acceptors (Lipinski definition) is 7. The molecule has 0 aliphatic carbocycles. The molecule has 2 aliphatic rings. The van der Waals surface area contributed by atoms with Gasteiger partial charge in [0.25, 0.3) is 11.7 Å². The second kappa shape index (κ2) is 14.2. The van der Waals surface area contributed by atoms with E-state index in [1.165, 1.54) is 21.6 Å². The smallest absolute Gasteiger partial charge is 0.381 e. The summed E-state index contributed by atoms with van der Waals surface area (Å²) in [5, 5.41) is 14.1. The molecule has 16 heteroatoms. The predicted octanol–water partition coefficient (Wildman–Crippen LogP) is 5.34. The number of aromatic nitrogens is 6. The molecule has 0 bridgehead atoms. The number of carbonyl (C=O) groups excluding carboxylic acids is 2. The molecule has 0 radical (unpaired) electrons. The fourth-order valence-electron chi connectivity index (χ4n) is 6.33. The predicted molar refractivity (Wildman–Crippen MR) is 160 cm³/mol. The third kappa shape index (κ3) is 8.25. The van der Waals surface area contributed by atoms with E-state index < -0.39 is 54.8 Å². The largest absolute Gasteiger partial charge is 0.393 e. The summed E-state index contributed by atoms with van der Waals surface area (Å²) in [5.74, 6) is -6.56. The number of nitrogens with one attached hydrogen (secondary N) is 2. The summed E-state index contributed by atoms with van der Waals surface area (Å²) < 4.78 is 78.4. The molecule has 5 heterocycles. The van der Waals surface area contributed by atoms with Crippen LogP contribution >= 0.6 is 0 Å². The highest BCUT2D eigenvalue weighted by atomic mass is 19.4. The molecular formula is C31H41F5N8O3. The number of halogens is 5. The lowest BCUT2D eigenvalue weighted by Gasteiger charge is -2.31. The maximum absolute atomic E-state index is 14.7. The molecule has 3 aromatic rings. The highest BCUT2D eigenvalue weighted by molar-refractivity contribution is 5.92. The SMILES string of the molecule is CCCC(F)(F)CCC(NC(=O)c1ccnn1C(C)C)c1cn2nc(CC3CC(C(F)(F)F)CNC3=O)c(C3CCOCC3)nc2n1. The molecular weight excluding hydrogens is 627 g/mol. The van der Waals surface area contributed by atoms with Crippen molar-refractivity contribution in [2.45, 2.75) is 102 Å². The fourth-order valence-corrected chi connectivity index (χ4v) is 6.33. The molecule has 258 valence electrons. The second-order valence-electron chi connectivity index (χ2n) is 12.8. The molecule has 2 fully saturated rings. The maximum atomic E-state index is 14.7. The van der Waals surface area contributed by atoms with Crippen molar-refractivity contribution in [1.82, 2.24) is 40.0 Å². The molecule has 2 amide bonds. The minimum absolute atomic E-state index is 0.0653. The van der Waals surface area contributed by atoms with Crippen LogP contribution < -0.4 is 10.6 Å². The monoisotopic (exact) mass is 668 g/mol. The van der Waals surface area contributed by atoms with Crippen LogP contribution in [0.2, 0.25) is 0 Å². The van der Waals surface area contributed by atoms with Gasteiger partial charge in [0.1, 0.15) is 5.69 Å². The summed E-state index contributed by atoms with van der Waals surface area (Å²) in [6, 6.07) is 0.486. The summed E-state index contributed by atoms with van der Waals surface area (Å²) in [4.78, 5) is 35.5. The molecule has 11 nitrogen and oxygen atoms in total. The summed E-state index contributed by atoms with van der Waals surface area (Å²) in [6.07, 6.45) is -1.35. The topological polar surface area (TPSA) is 128 Å². The van der Waals surface area contributed by atoms with Gasteiger partial charge in [-0.2, -0.15) is 23.4 Å². The van der Waals surface area contributed by atoms with E-state index in [4.69, 9.17) is 9.72 Å². The van der Waals surface area contributed by atoms with Crippen LogP contribution in [0.15, 0.2) is 18.5 Å². The average molecular weight is 669 g/mol. The lowest BCUT2D eigenvalue weighted by Crippen LogP contribution is -2.47. The number of amides is 2. The van der Waals surface area contributed by atoms with Crippen molar-refractivity contribution < 1.29 is 36.3 Å². The highest BCUT2D eigenvalue weighted by Crippen LogP contribution is 2.36. The number of imidazole rings is 1. The van der Waals surface area contributed by atoms with Crippen molar-refractivity contribution in [3.63, 3.8) is 0 Å². The van der Waals surface area contributed by atoms with Crippen molar-refractivity contribution in [2.75, 3.05) is 19.8 Å². The van der Waals surface area contributed by atoms with Crippen molar-refractivity contribution in [3.8, 4) is 0 Å². The Labute approximate surface area is 269 Å². The number of piperidine rings is 1. The first-order valence-electron chi connectivity index (χ1n) is 16.2. The van der Waals surface area contributed by atoms with Gasteiger partial charge >= 0.3 is 6.18 Å². The van der Waals surface area contributed by atoms with Crippen molar-refractivity contribution >= 4 is 17.6 Å². The molecule has 2 saturated heterocycles. The van der Waals surface area contributed by atoms with Crippen LogP contribution in [-0.2, 0) is 16.0 Å². The van der Waals surface area contributed by atoms with Crippen LogP contribution in [0, 0.1) is 11.8 Å². The zero-order chi connectivity index (χ0) is 33.9. The number of nitrogens with zero attached hydrogens (tertiary/aromatic N) is 6. The quantitative estimate of drug-likeness (QED) is 0.250. The first-order valence-corrected chi connectivity index (χ1v) is 16.2. The van der Waals surface area contributed by atoms with Gasteiger partial charge in [0.15, 0.2) is 0 Å². The molecule has 0 spiro atoms. The summed E-state index contributed by atoms with van der Waals surface area (Å²) in [6.45, 7) is 5.85. The zero-order valence-electron chi connectivity index (χ0n) is 26.7. The van der Waals surface area contributed by atoms with E-state index in [9.17, 15) is 31.5 Å². The van der Waals surface area contributed by atoms with E-state index in [0.29, 0.717) is 43.9 Å². The van der Waals surface area contributed by atoms with Crippen LogP contribution in [0.3, 0.4) is 0 Å². The summed E-state index contributed by atoms with van der Waals surface area (Å²) in [5.41, 5.74) is 1.41. The molecule has 3 aromatic heterocycles. The molecule has 3 atom stereocenters. The second-order valence-corrected chi connectivity index (χ2v) is 12.8. The first-order chi connectivity index (χ1) is 22.3. The lowest BCUT2D eigenvalue weighted by molar-refractivity contribution is -0.183.